The first-order valence-corrected chi connectivity index (χ1v) is 7.84. The van der Waals surface area contributed by atoms with E-state index in [0.717, 1.165) is 19.7 Å². The topological polar surface area (TPSA) is 47.7 Å². The van der Waals surface area contributed by atoms with Gasteiger partial charge < -0.3 is 15.2 Å². The smallest absolute Gasteiger partial charge is 0.120 e. The predicted molar refractivity (Wildman–Crippen MR) is 89.3 cm³/mol. The van der Waals surface area contributed by atoms with Crippen LogP contribution in [0.3, 0.4) is 0 Å². The minimum Gasteiger partial charge on any atom is -0.491 e. The normalized spacial score (nSPS) is 19.7. The van der Waals surface area contributed by atoms with Crippen molar-refractivity contribution in [3.8, 4) is 5.75 Å². The van der Waals surface area contributed by atoms with Crippen molar-refractivity contribution in [3.05, 3.63) is 28.8 Å². The van der Waals surface area contributed by atoms with Gasteiger partial charge in [0.2, 0.25) is 0 Å². The Hall–Kier alpha value is -0.880. The molecule has 21 heavy (non-hydrogen) atoms. The van der Waals surface area contributed by atoms with E-state index in [-0.39, 0.29) is 11.1 Å². The largest absolute Gasteiger partial charge is 0.491 e. The number of nitrogens with two attached hydrogens (primary N) is 1. The van der Waals surface area contributed by atoms with Crippen molar-refractivity contribution in [2.75, 3.05) is 26.3 Å². The molecule has 1 aromatic carbocycles. The summed E-state index contributed by atoms with van der Waals surface area (Å²) in [4.78, 5) is 2.68. The van der Waals surface area contributed by atoms with Crippen LogP contribution < -0.4 is 10.5 Å². The Bertz CT molecular complexity index is 510. The van der Waals surface area contributed by atoms with E-state index in [9.17, 15) is 0 Å². The molecule has 2 rings (SSSR count). The Balaban J connectivity index is 1.91. The van der Waals surface area contributed by atoms with Crippen LogP contribution in [-0.4, -0.2) is 48.3 Å². The van der Waals surface area contributed by atoms with Gasteiger partial charge in [-0.15, -0.1) is 0 Å². The fourth-order valence-corrected chi connectivity index (χ4v) is 2.79. The van der Waals surface area contributed by atoms with Gasteiger partial charge in [-0.2, -0.15) is 0 Å². The van der Waals surface area contributed by atoms with Crippen molar-refractivity contribution in [2.45, 2.75) is 26.0 Å². The Morgan fingerprint density at radius 2 is 2.33 bits per heavy atom. The molecule has 1 atom stereocenters. The monoisotopic (exact) mass is 328 g/mol. The third-order valence-electron chi connectivity index (χ3n) is 3.54. The van der Waals surface area contributed by atoms with Crippen LogP contribution in [0.4, 0.5) is 0 Å². The van der Waals surface area contributed by atoms with Crippen LogP contribution in [0.25, 0.3) is 0 Å². The number of ether oxygens (including phenoxy) is 2. The molecule has 1 aliphatic rings. The second kappa shape index (κ2) is 7.40. The number of halogens is 1. The minimum absolute atomic E-state index is 0.0789. The van der Waals surface area contributed by atoms with Gasteiger partial charge in [0, 0.05) is 24.7 Å². The molecule has 116 valence electrons. The zero-order valence-corrected chi connectivity index (χ0v) is 13.9. The zero-order valence-electron chi connectivity index (χ0n) is 12.3. The molecule has 2 N–H and O–H groups in total. The lowest BCUT2D eigenvalue weighted by molar-refractivity contribution is -0.0564. The van der Waals surface area contributed by atoms with E-state index in [0.29, 0.717) is 29.0 Å². The molecule has 0 amide bonds. The summed E-state index contributed by atoms with van der Waals surface area (Å²) in [6.07, 6.45) is 0.0789. The van der Waals surface area contributed by atoms with Crippen molar-refractivity contribution in [3.63, 3.8) is 0 Å². The Labute approximate surface area is 136 Å². The lowest BCUT2D eigenvalue weighted by atomic mass is 10.2. The number of nitrogens with zero attached hydrogens (tertiary/aromatic N) is 1. The molecule has 0 radical (unpaired) electrons. The number of thiocarbonyl (C=S) groups is 1. The fourth-order valence-electron chi connectivity index (χ4n) is 2.29. The maximum Gasteiger partial charge on any atom is 0.120 e. The van der Waals surface area contributed by atoms with Crippen molar-refractivity contribution in [1.29, 1.82) is 0 Å². The first-order valence-electron chi connectivity index (χ1n) is 7.05. The molecule has 6 heteroatoms. The van der Waals surface area contributed by atoms with Gasteiger partial charge in [0.1, 0.15) is 23.4 Å². The van der Waals surface area contributed by atoms with Gasteiger partial charge >= 0.3 is 0 Å². The van der Waals surface area contributed by atoms with Gasteiger partial charge in [0.15, 0.2) is 0 Å². The van der Waals surface area contributed by atoms with Crippen LogP contribution in [-0.2, 0) is 4.74 Å². The van der Waals surface area contributed by atoms with E-state index >= 15 is 0 Å². The van der Waals surface area contributed by atoms with Crippen LogP contribution in [0.5, 0.6) is 5.75 Å². The average Bonchev–Trinajstić information content (AvgIpc) is 2.45. The fraction of sp³-hybridized carbons (Fsp3) is 0.533. The highest BCUT2D eigenvalue weighted by atomic mass is 35.5. The maximum atomic E-state index is 6.12. The molecule has 1 aromatic rings. The van der Waals surface area contributed by atoms with Gasteiger partial charge in [-0.25, -0.2) is 0 Å². The molecule has 0 aromatic heterocycles. The Morgan fingerprint density at radius 3 is 2.95 bits per heavy atom. The summed E-state index contributed by atoms with van der Waals surface area (Å²) in [7, 11) is 0. The molecular weight excluding hydrogens is 308 g/mol. The molecule has 1 aliphatic heterocycles. The Morgan fingerprint density at radius 1 is 1.57 bits per heavy atom. The summed E-state index contributed by atoms with van der Waals surface area (Å²) >= 11 is 11.0. The van der Waals surface area contributed by atoms with E-state index in [1.165, 1.54) is 0 Å². The molecule has 0 spiro atoms. The number of morpholine rings is 1. The standard InChI is InChI=1S/C15H21ClN2O2S/c1-10(2)18-5-6-19-12(8-18)9-20-11-3-4-13(15(17)21)14(16)7-11/h3-4,7,10,12H,5-6,8-9H2,1-2H3,(H2,17,21). The van der Waals surface area contributed by atoms with Crippen LogP contribution in [0.15, 0.2) is 18.2 Å². The highest BCUT2D eigenvalue weighted by Crippen LogP contribution is 2.23. The zero-order chi connectivity index (χ0) is 15.4. The maximum absolute atomic E-state index is 6.12. The second-order valence-corrected chi connectivity index (χ2v) is 6.25. The van der Waals surface area contributed by atoms with Crippen LogP contribution in [0, 0.1) is 0 Å². The summed E-state index contributed by atoms with van der Waals surface area (Å²) in [5, 5.41) is 0.508. The summed E-state index contributed by atoms with van der Waals surface area (Å²) in [6, 6.07) is 5.86. The predicted octanol–water partition coefficient (Wildman–Crippen LogP) is 2.46. The van der Waals surface area contributed by atoms with Crippen molar-refractivity contribution < 1.29 is 9.47 Å². The van der Waals surface area contributed by atoms with E-state index in [2.05, 4.69) is 18.7 Å². The second-order valence-electron chi connectivity index (χ2n) is 5.40. The van der Waals surface area contributed by atoms with Crippen LogP contribution in [0.2, 0.25) is 5.02 Å². The minimum atomic E-state index is 0.0789. The van der Waals surface area contributed by atoms with Gasteiger partial charge in [-0.05, 0) is 32.0 Å². The molecular formula is C15H21ClN2O2S. The van der Waals surface area contributed by atoms with Crippen molar-refractivity contribution in [2.24, 2.45) is 5.73 Å². The van der Waals surface area contributed by atoms with E-state index < -0.39 is 0 Å². The molecule has 1 unspecified atom stereocenters. The Kier molecular flexibility index (Phi) is 5.81. The number of hydrogen-bond acceptors (Lipinski definition) is 4. The lowest BCUT2D eigenvalue weighted by Gasteiger charge is -2.35. The van der Waals surface area contributed by atoms with Crippen molar-refractivity contribution >= 4 is 28.8 Å². The quantitative estimate of drug-likeness (QED) is 0.841. The third-order valence-corrected chi connectivity index (χ3v) is 4.08. The highest BCUT2D eigenvalue weighted by molar-refractivity contribution is 7.80. The van der Waals surface area contributed by atoms with E-state index in [1.54, 1.807) is 12.1 Å². The molecule has 1 fully saturated rings. The molecule has 0 saturated carbocycles. The lowest BCUT2D eigenvalue weighted by Crippen LogP contribution is -2.47. The highest BCUT2D eigenvalue weighted by Gasteiger charge is 2.22. The molecule has 0 aliphatic carbocycles. The molecule has 1 heterocycles. The summed E-state index contributed by atoms with van der Waals surface area (Å²) in [6.45, 7) is 7.49. The first kappa shape index (κ1) is 16.5. The summed E-state index contributed by atoms with van der Waals surface area (Å²) < 4.78 is 11.5. The summed E-state index contributed by atoms with van der Waals surface area (Å²) in [5.74, 6) is 0.699. The third kappa shape index (κ3) is 4.54. The number of rotatable bonds is 5. The van der Waals surface area contributed by atoms with Crippen molar-refractivity contribution in [1.82, 2.24) is 4.90 Å². The number of benzene rings is 1. The average molecular weight is 329 g/mol. The van der Waals surface area contributed by atoms with Gasteiger partial charge in [-0.3, -0.25) is 4.90 Å². The van der Waals surface area contributed by atoms with Gasteiger partial charge in [0.25, 0.3) is 0 Å². The molecule has 0 bridgehead atoms. The van der Waals surface area contributed by atoms with E-state index in [1.807, 2.05) is 6.07 Å². The molecule has 4 nitrogen and oxygen atoms in total. The van der Waals surface area contributed by atoms with Crippen LogP contribution >= 0.6 is 23.8 Å². The number of hydrogen-bond donors (Lipinski definition) is 1. The summed E-state index contributed by atoms with van der Waals surface area (Å²) in [5.41, 5.74) is 6.25. The SMILES string of the molecule is CC(C)N1CCOC(COc2ccc(C(N)=S)c(Cl)c2)C1. The first-order chi connectivity index (χ1) is 9.97. The van der Waals surface area contributed by atoms with Gasteiger partial charge in [-0.1, -0.05) is 23.8 Å². The van der Waals surface area contributed by atoms with E-state index in [4.69, 9.17) is 39.0 Å². The van der Waals surface area contributed by atoms with Gasteiger partial charge in [0.05, 0.1) is 11.6 Å². The molecule has 1 saturated heterocycles. The van der Waals surface area contributed by atoms with Crippen LogP contribution in [0.1, 0.15) is 19.4 Å².